The molecule has 1 aromatic rings. The van der Waals surface area contributed by atoms with E-state index in [4.69, 9.17) is 10.2 Å². The molecule has 0 aromatic heterocycles. The van der Waals surface area contributed by atoms with Crippen LogP contribution in [-0.4, -0.2) is 29.2 Å². The second kappa shape index (κ2) is 3.28. The van der Waals surface area contributed by atoms with E-state index < -0.39 is 26.7 Å². The van der Waals surface area contributed by atoms with Gasteiger partial charge in [-0.15, -0.1) is 0 Å². The smallest absolute Gasteiger partial charge is 0.335 e. The van der Waals surface area contributed by atoms with Crippen molar-refractivity contribution in [2.45, 2.75) is 4.90 Å². The zero-order chi connectivity index (χ0) is 10.9. The summed E-state index contributed by atoms with van der Waals surface area (Å²) in [6.07, 6.45) is 0. The summed E-state index contributed by atoms with van der Waals surface area (Å²) in [7, 11) is -4.85. The number of benzene rings is 1. The van der Waals surface area contributed by atoms with Crippen molar-refractivity contribution < 1.29 is 28.0 Å². The minimum atomic E-state index is -4.85. The minimum Gasteiger partial charge on any atom is -0.744 e. The molecule has 0 atom stereocenters. The number of carbonyl (C=O) groups is 1. The fourth-order valence-electron chi connectivity index (χ4n) is 0.847. The minimum absolute atomic E-state index is 0.378. The summed E-state index contributed by atoms with van der Waals surface area (Å²) in [5, 5.41) is 17.5. The quantitative estimate of drug-likeness (QED) is 0.673. The first-order valence-corrected chi connectivity index (χ1v) is 4.75. The molecule has 0 aliphatic carbocycles. The molecule has 0 saturated heterocycles. The average Bonchev–Trinajstić information content (AvgIpc) is 2.02. The van der Waals surface area contributed by atoms with E-state index in [1.807, 2.05) is 0 Å². The van der Waals surface area contributed by atoms with Crippen LogP contribution in [0, 0.1) is 0 Å². The normalized spacial score (nSPS) is 11.2. The molecule has 1 aromatic carbocycles. The van der Waals surface area contributed by atoms with Gasteiger partial charge in [-0.1, -0.05) is 0 Å². The molecule has 0 saturated carbocycles. The van der Waals surface area contributed by atoms with E-state index in [1.165, 1.54) is 0 Å². The van der Waals surface area contributed by atoms with Crippen molar-refractivity contribution in [2.75, 3.05) is 0 Å². The van der Waals surface area contributed by atoms with E-state index in [1.54, 1.807) is 0 Å². The molecule has 0 unspecified atom stereocenters. The van der Waals surface area contributed by atoms with Crippen LogP contribution in [0.1, 0.15) is 10.4 Å². The molecule has 0 fully saturated rings. The van der Waals surface area contributed by atoms with Crippen molar-refractivity contribution >= 4 is 16.1 Å². The van der Waals surface area contributed by atoms with E-state index in [0.29, 0.717) is 6.07 Å². The van der Waals surface area contributed by atoms with Gasteiger partial charge in [0.2, 0.25) is 0 Å². The molecule has 7 heteroatoms. The lowest BCUT2D eigenvalue weighted by atomic mass is 10.2. The van der Waals surface area contributed by atoms with E-state index in [0.717, 1.165) is 12.1 Å². The summed E-state index contributed by atoms with van der Waals surface area (Å²) < 4.78 is 31.6. The van der Waals surface area contributed by atoms with E-state index in [-0.39, 0.29) is 5.56 Å². The van der Waals surface area contributed by atoms with Crippen molar-refractivity contribution in [1.29, 1.82) is 0 Å². The first kappa shape index (κ1) is 10.5. The standard InChI is InChI=1S/C7H6O6S/c8-5-2-1-4(7(9)10)3-6(5)14(11,12)13/h1-3,8H,(H,9,10)(H,11,12,13)/p-1. The highest BCUT2D eigenvalue weighted by molar-refractivity contribution is 7.85. The lowest BCUT2D eigenvalue weighted by Crippen LogP contribution is -2.03. The number of rotatable bonds is 2. The second-order valence-electron chi connectivity index (χ2n) is 2.44. The molecule has 0 amide bonds. The Morgan fingerprint density at radius 1 is 1.36 bits per heavy atom. The van der Waals surface area contributed by atoms with Gasteiger partial charge in [0, 0.05) is 0 Å². The molecule has 76 valence electrons. The third-order valence-corrected chi connectivity index (χ3v) is 2.34. The highest BCUT2D eigenvalue weighted by atomic mass is 32.2. The lowest BCUT2D eigenvalue weighted by molar-refractivity contribution is 0.0696. The summed E-state index contributed by atoms with van der Waals surface area (Å²) in [6, 6.07) is 2.45. The van der Waals surface area contributed by atoms with Crippen LogP contribution in [0.15, 0.2) is 23.1 Å². The van der Waals surface area contributed by atoms with Gasteiger partial charge in [-0.05, 0) is 18.2 Å². The number of hydrogen-bond acceptors (Lipinski definition) is 5. The van der Waals surface area contributed by atoms with Crippen LogP contribution in [0.2, 0.25) is 0 Å². The average molecular weight is 217 g/mol. The Bertz CT molecular complexity index is 475. The number of hydrogen-bond donors (Lipinski definition) is 2. The topological polar surface area (TPSA) is 115 Å². The Balaban J connectivity index is 3.44. The predicted octanol–water partition coefficient (Wildman–Crippen LogP) is -0.00550. The zero-order valence-corrected chi connectivity index (χ0v) is 7.48. The number of phenols is 1. The van der Waals surface area contributed by atoms with Gasteiger partial charge < -0.3 is 14.8 Å². The molecule has 0 spiro atoms. The number of carboxylic acids is 1. The Kier molecular flexibility index (Phi) is 2.45. The van der Waals surface area contributed by atoms with Gasteiger partial charge in [0.1, 0.15) is 15.9 Å². The van der Waals surface area contributed by atoms with Crippen molar-refractivity contribution in [2.24, 2.45) is 0 Å². The number of aromatic carboxylic acids is 1. The van der Waals surface area contributed by atoms with E-state index in [2.05, 4.69) is 0 Å². The third kappa shape index (κ3) is 2.01. The molecule has 1 rings (SSSR count). The number of aromatic hydroxyl groups is 1. The third-order valence-electron chi connectivity index (χ3n) is 1.48. The van der Waals surface area contributed by atoms with Crippen molar-refractivity contribution in [3.05, 3.63) is 23.8 Å². The highest BCUT2D eigenvalue weighted by Crippen LogP contribution is 2.23. The summed E-state index contributed by atoms with van der Waals surface area (Å²) in [4.78, 5) is 9.48. The summed E-state index contributed by atoms with van der Waals surface area (Å²) in [6.45, 7) is 0. The Hall–Kier alpha value is -1.60. The number of phenolic OH excluding ortho intramolecular Hbond substituents is 1. The molecule has 0 radical (unpaired) electrons. The van der Waals surface area contributed by atoms with Crippen LogP contribution in [0.4, 0.5) is 0 Å². The van der Waals surface area contributed by atoms with E-state index in [9.17, 15) is 17.8 Å². The maximum Gasteiger partial charge on any atom is 0.335 e. The van der Waals surface area contributed by atoms with Gasteiger partial charge in [0.15, 0.2) is 0 Å². The van der Waals surface area contributed by atoms with Crippen LogP contribution < -0.4 is 0 Å². The fraction of sp³-hybridized carbons (Fsp3) is 0. The highest BCUT2D eigenvalue weighted by Gasteiger charge is 2.12. The van der Waals surface area contributed by atoms with E-state index >= 15 is 0 Å². The molecule has 0 aliphatic rings. The molecule has 0 heterocycles. The molecular formula is C7H5O6S-. The van der Waals surface area contributed by atoms with Crippen molar-refractivity contribution in [1.82, 2.24) is 0 Å². The maximum absolute atomic E-state index is 10.5. The summed E-state index contributed by atoms with van der Waals surface area (Å²) in [5.74, 6) is -2.14. The van der Waals surface area contributed by atoms with Gasteiger partial charge in [-0.25, -0.2) is 13.2 Å². The van der Waals surface area contributed by atoms with Crippen LogP contribution in [-0.2, 0) is 10.1 Å². The Morgan fingerprint density at radius 3 is 2.36 bits per heavy atom. The molecule has 6 nitrogen and oxygen atoms in total. The Morgan fingerprint density at radius 2 is 1.93 bits per heavy atom. The molecular weight excluding hydrogens is 212 g/mol. The molecule has 0 aliphatic heterocycles. The van der Waals surface area contributed by atoms with Crippen molar-refractivity contribution in [3.63, 3.8) is 0 Å². The van der Waals surface area contributed by atoms with Gasteiger partial charge >= 0.3 is 5.97 Å². The maximum atomic E-state index is 10.5. The van der Waals surface area contributed by atoms with Crippen LogP contribution in [0.3, 0.4) is 0 Å². The largest absolute Gasteiger partial charge is 0.744 e. The lowest BCUT2D eigenvalue weighted by Gasteiger charge is -2.09. The van der Waals surface area contributed by atoms with Crippen LogP contribution in [0.25, 0.3) is 0 Å². The van der Waals surface area contributed by atoms with Gasteiger partial charge in [-0.2, -0.15) is 0 Å². The SMILES string of the molecule is O=C(O)c1ccc(O)c(S(=O)(=O)[O-])c1. The Labute approximate surface area is 79.2 Å². The first-order valence-electron chi connectivity index (χ1n) is 3.34. The monoisotopic (exact) mass is 217 g/mol. The van der Waals surface area contributed by atoms with Crippen LogP contribution >= 0.6 is 0 Å². The first-order chi connectivity index (χ1) is 6.32. The zero-order valence-electron chi connectivity index (χ0n) is 6.67. The molecule has 14 heavy (non-hydrogen) atoms. The van der Waals surface area contributed by atoms with Gasteiger partial charge in [-0.3, -0.25) is 0 Å². The number of carboxylic acid groups (broad SMARTS) is 1. The molecule has 2 N–H and O–H groups in total. The fourth-order valence-corrected chi connectivity index (χ4v) is 1.44. The van der Waals surface area contributed by atoms with Crippen molar-refractivity contribution in [3.8, 4) is 5.75 Å². The summed E-state index contributed by atoms with van der Waals surface area (Å²) in [5.41, 5.74) is -0.378. The molecule has 0 bridgehead atoms. The van der Waals surface area contributed by atoms with Crippen LogP contribution in [0.5, 0.6) is 5.75 Å². The van der Waals surface area contributed by atoms with Gasteiger partial charge in [0.25, 0.3) is 0 Å². The predicted molar refractivity (Wildman–Crippen MR) is 43.0 cm³/mol. The van der Waals surface area contributed by atoms with Gasteiger partial charge in [0.05, 0.1) is 10.5 Å². The second-order valence-corrected chi connectivity index (χ2v) is 3.79. The summed E-state index contributed by atoms with van der Waals surface area (Å²) >= 11 is 0.